The van der Waals surface area contributed by atoms with Crippen molar-refractivity contribution in [1.29, 1.82) is 0 Å². The third-order valence-corrected chi connectivity index (χ3v) is 1.35. The quantitative estimate of drug-likeness (QED) is 0.667. The maximum Gasteiger partial charge on any atom is 0.280 e. The first-order chi connectivity index (χ1) is 5.75. The fourth-order valence-corrected chi connectivity index (χ4v) is 0.802. The Kier molecular flexibility index (Phi) is 2.82. The van der Waals surface area contributed by atoms with Crippen LogP contribution in [0.1, 0.15) is 17.3 Å². The molecule has 1 rings (SSSR count). The highest BCUT2D eigenvalue weighted by Crippen LogP contribution is 1.99. The molecule has 0 fully saturated rings. The number of carbonyl (C=O) groups excluding carboxylic acids is 1. The SMILES string of the molecule is CCON(C)C(=O)c1cn[nH]c1. The predicted molar refractivity (Wildman–Crippen MR) is 42.3 cm³/mol. The van der Waals surface area contributed by atoms with Gasteiger partial charge in [0.25, 0.3) is 5.91 Å². The summed E-state index contributed by atoms with van der Waals surface area (Å²) in [7, 11) is 1.57. The second-order valence-corrected chi connectivity index (χ2v) is 2.21. The van der Waals surface area contributed by atoms with E-state index in [9.17, 15) is 4.79 Å². The maximum atomic E-state index is 11.3. The van der Waals surface area contributed by atoms with E-state index in [1.54, 1.807) is 7.05 Å². The van der Waals surface area contributed by atoms with Gasteiger partial charge in [0.2, 0.25) is 0 Å². The number of nitrogens with one attached hydrogen (secondary N) is 1. The minimum absolute atomic E-state index is 0.203. The molecule has 1 N–H and O–H groups in total. The molecule has 0 radical (unpaired) electrons. The number of hydroxylamine groups is 2. The van der Waals surface area contributed by atoms with E-state index in [-0.39, 0.29) is 5.91 Å². The van der Waals surface area contributed by atoms with Gasteiger partial charge < -0.3 is 0 Å². The summed E-state index contributed by atoms with van der Waals surface area (Å²) in [6.07, 6.45) is 2.98. The molecule has 0 atom stereocenters. The van der Waals surface area contributed by atoms with Crippen LogP contribution in [0, 0.1) is 0 Å². The zero-order valence-corrected chi connectivity index (χ0v) is 7.07. The first kappa shape index (κ1) is 8.73. The van der Waals surface area contributed by atoms with Gasteiger partial charge in [0.05, 0.1) is 18.4 Å². The van der Waals surface area contributed by atoms with Crippen LogP contribution >= 0.6 is 0 Å². The molecule has 0 bridgehead atoms. The van der Waals surface area contributed by atoms with E-state index in [1.807, 2.05) is 6.92 Å². The lowest BCUT2D eigenvalue weighted by Crippen LogP contribution is -2.26. The molecule has 0 aliphatic carbocycles. The van der Waals surface area contributed by atoms with E-state index in [4.69, 9.17) is 4.84 Å². The van der Waals surface area contributed by atoms with Crippen molar-refractivity contribution in [3.63, 3.8) is 0 Å². The van der Waals surface area contributed by atoms with E-state index < -0.39 is 0 Å². The summed E-state index contributed by atoms with van der Waals surface area (Å²) in [6, 6.07) is 0. The van der Waals surface area contributed by atoms with Gasteiger partial charge in [-0.15, -0.1) is 0 Å². The lowest BCUT2D eigenvalue weighted by Gasteiger charge is -2.13. The third-order valence-electron chi connectivity index (χ3n) is 1.35. The topological polar surface area (TPSA) is 58.2 Å². The molecule has 0 unspecified atom stereocenters. The van der Waals surface area contributed by atoms with Crippen LogP contribution in [0.5, 0.6) is 0 Å². The molecular weight excluding hydrogens is 158 g/mol. The monoisotopic (exact) mass is 169 g/mol. The molecule has 0 saturated heterocycles. The first-order valence-corrected chi connectivity index (χ1v) is 3.65. The van der Waals surface area contributed by atoms with Crippen molar-refractivity contribution in [2.75, 3.05) is 13.7 Å². The summed E-state index contributed by atoms with van der Waals surface area (Å²) < 4.78 is 0. The first-order valence-electron chi connectivity index (χ1n) is 3.65. The molecule has 1 amide bonds. The molecule has 1 aromatic rings. The number of nitrogens with zero attached hydrogens (tertiary/aromatic N) is 2. The van der Waals surface area contributed by atoms with Crippen LogP contribution in [0.3, 0.4) is 0 Å². The summed E-state index contributed by atoms with van der Waals surface area (Å²) in [5.41, 5.74) is 0.492. The lowest BCUT2D eigenvalue weighted by molar-refractivity contribution is -0.100. The highest BCUT2D eigenvalue weighted by molar-refractivity contribution is 5.92. The van der Waals surface area contributed by atoms with Gasteiger partial charge in [-0.05, 0) is 6.92 Å². The number of carbonyl (C=O) groups is 1. The molecule has 0 saturated carbocycles. The van der Waals surface area contributed by atoms with Crippen molar-refractivity contribution in [1.82, 2.24) is 15.3 Å². The number of amides is 1. The highest BCUT2D eigenvalue weighted by Gasteiger charge is 2.11. The zero-order chi connectivity index (χ0) is 8.97. The average molecular weight is 169 g/mol. The van der Waals surface area contributed by atoms with Crippen molar-refractivity contribution in [2.45, 2.75) is 6.92 Å². The second kappa shape index (κ2) is 3.87. The van der Waals surface area contributed by atoms with Gasteiger partial charge in [0.15, 0.2) is 0 Å². The number of aromatic amines is 1. The summed E-state index contributed by atoms with van der Waals surface area (Å²) in [6.45, 7) is 2.29. The van der Waals surface area contributed by atoms with E-state index >= 15 is 0 Å². The smallest absolute Gasteiger partial charge is 0.280 e. The Labute approximate surface area is 70.3 Å². The van der Waals surface area contributed by atoms with Gasteiger partial charge in [-0.2, -0.15) is 5.10 Å². The number of rotatable bonds is 3. The predicted octanol–water partition coefficient (Wildman–Crippen LogP) is 0.433. The standard InChI is InChI=1S/C7H11N3O2/c1-3-12-10(2)7(11)6-4-8-9-5-6/h4-5H,3H2,1-2H3,(H,8,9). The second-order valence-electron chi connectivity index (χ2n) is 2.21. The van der Waals surface area contributed by atoms with Crippen LogP contribution in [0.25, 0.3) is 0 Å². The minimum atomic E-state index is -0.203. The van der Waals surface area contributed by atoms with E-state index in [2.05, 4.69) is 10.2 Å². The van der Waals surface area contributed by atoms with Gasteiger partial charge in [-0.25, -0.2) is 5.06 Å². The number of hydrogen-bond donors (Lipinski definition) is 1. The van der Waals surface area contributed by atoms with Crippen LogP contribution in [0.2, 0.25) is 0 Å². The van der Waals surface area contributed by atoms with Crippen molar-refractivity contribution in [2.24, 2.45) is 0 Å². The van der Waals surface area contributed by atoms with Crippen LogP contribution in [0.4, 0.5) is 0 Å². The fourth-order valence-electron chi connectivity index (χ4n) is 0.802. The molecule has 0 aliphatic heterocycles. The summed E-state index contributed by atoms with van der Waals surface area (Å²) in [4.78, 5) is 16.3. The number of hydrogen-bond acceptors (Lipinski definition) is 3. The van der Waals surface area contributed by atoms with Crippen LogP contribution in [-0.2, 0) is 4.84 Å². The van der Waals surface area contributed by atoms with Crippen LogP contribution < -0.4 is 0 Å². The summed E-state index contributed by atoms with van der Waals surface area (Å²) in [5, 5.41) is 7.40. The summed E-state index contributed by atoms with van der Waals surface area (Å²) in [5.74, 6) is -0.203. The molecule has 66 valence electrons. The number of H-pyrrole nitrogens is 1. The zero-order valence-electron chi connectivity index (χ0n) is 7.07. The van der Waals surface area contributed by atoms with E-state index in [0.29, 0.717) is 12.2 Å². The Hall–Kier alpha value is -1.36. The maximum absolute atomic E-state index is 11.3. The van der Waals surface area contributed by atoms with Crippen molar-refractivity contribution < 1.29 is 9.63 Å². The Bertz CT molecular complexity index is 245. The number of aromatic nitrogens is 2. The minimum Gasteiger partial charge on any atom is -0.285 e. The van der Waals surface area contributed by atoms with E-state index in [0.717, 1.165) is 0 Å². The van der Waals surface area contributed by atoms with Crippen molar-refractivity contribution in [3.8, 4) is 0 Å². The average Bonchev–Trinajstić information content (AvgIpc) is 2.55. The Balaban J connectivity index is 2.59. The Morgan fingerprint density at radius 1 is 1.83 bits per heavy atom. The van der Waals surface area contributed by atoms with Gasteiger partial charge in [0.1, 0.15) is 0 Å². The Morgan fingerprint density at radius 3 is 3.08 bits per heavy atom. The molecule has 5 heteroatoms. The molecule has 5 nitrogen and oxygen atoms in total. The van der Waals surface area contributed by atoms with Crippen molar-refractivity contribution in [3.05, 3.63) is 18.0 Å². The van der Waals surface area contributed by atoms with Gasteiger partial charge in [0, 0.05) is 13.2 Å². The van der Waals surface area contributed by atoms with Gasteiger partial charge >= 0.3 is 0 Å². The summed E-state index contributed by atoms with van der Waals surface area (Å²) >= 11 is 0. The normalized spacial score (nSPS) is 9.83. The third kappa shape index (κ3) is 1.82. The largest absolute Gasteiger partial charge is 0.285 e. The molecule has 0 aliphatic rings. The van der Waals surface area contributed by atoms with E-state index in [1.165, 1.54) is 17.5 Å². The molecule has 12 heavy (non-hydrogen) atoms. The van der Waals surface area contributed by atoms with Crippen molar-refractivity contribution >= 4 is 5.91 Å². The lowest BCUT2D eigenvalue weighted by atomic mass is 10.3. The molecule has 1 aromatic heterocycles. The fraction of sp³-hybridized carbons (Fsp3) is 0.429. The molecule has 0 spiro atoms. The van der Waals surface area contributed by atoms with Gasteiger partial charge in [-0.3, -0.25) is 14.7 Å². The molecular formula is C7H11N3O2. The van der Waals surface area contributed by atoms with Crippen LogP contribution in [0.15, 0.2) is 12.4 Å². The highest BCUT2D eigenvalue weighted by atomic mass is 16.7. The van der Waals surface area contributed by atoms with Gasteiger partial charge in [-0.1, -0.05) is 0 Å². The Morgan fingerprint density at radius 2 is 2.58 bits per heavy atom. The molecule has 0 aromatic carbocycles. The van der Waals surface area contributed by atoms with Crippen LogP contribution in [-0.4, -0.2) is 34.8 Å². The molecule has 1 heterocycles.